The van der Waals surface area contributed by atoms with Crippen LogP contribution in [0.3, 0.4) is 0 Å². The molecule has 0 aromatic carbocycles. The van der Waals surface area contributed by atoms with Crippen LogP contribution in [0.2, 0.25) is 0 Å². The third-order valence-electron chi connectivity index (χ3n) is 3.42. The van der Waals surface area contributed by atoms with E-state index in [0.717, 1.165) is 19.4 Å². The van der Waals surface area contributed by atoms with Crippen molar-refractivity contribution in [3.8, 4) is 0 Å². The molecule has 14 heavy (non-hydrogen) atoms. The average molecular weight is 228 g/mol. The molecule has 1 unspecified atom stereocenters. The van der Waals surface area contributed by atoms with Crippen LogP contribution < -0.4 is 5.32 Å². The Labute approximate surface area is 88.8 Å². The van der Waals surface area contributed by atoms with Crippen LogP contribution in [-0.2, 0) is 4.74 Å². The number of hydrogen-bond donors (Lipinski definition) is 1. The van der Waals surface area contributed by atoms with Gasteiger partial charge in [-0.1, -0.05) is 0 Å². The molecule has 0 aliphatic carbocycles. The number of hydrogen-bond acceptors (Lipinski definition) is 2. The lowest BCUT2D eigenvalue weighted by molar-refractivity contribution is -0.0455. The quantitative estimate of drug-likeness (QED) is 0.736. The molecular weight excluding hydrogens is 212 g/mol. The van der Waals surface area contributed by atoms with E-state index >= 15 is 0 Å². The van der Waals surface area contributed by atoms with Crippen LogP contribution in [0.15, 0.2) is 0 Å². The van der Waals surface area contributed by atoms with E-state index in [1.165, 1.54) is 0 Å². The van der Waals surface area contributed by atoms with Crippen LogP contribution in [0, 0.1) is 11.3 Å². The maximum absolute atomic E-state index is 12.7. The van der Waals surface area contributed by atoms with E-state index < -0.39 is 12.3 Å². The standard InChI is InChI=1S/C9H15F2NO.ClH/c10-8(11)7-5-12-6-9(7)1-3-13-4-2-9;/h7-8,12H,1-6H2;1H. The highest BCUT2D eigenvalue weighted by molar-refractivity contribution is 5.85. The largest absolute Gasteiger partial charge is 0.381 e. The monoisotopic (exact) mass is 227 g/mol. The molecule has 84 valence electrons. The molecule has 5 heteroatoms. The topological polar surface area (TPSA) is 21.3 Å². The fraction of sp³-hybridized carbons (Fsp3) is 1.00. The molecule has 0 bridgehead atoms. The SMILES string of the molecule is Cl.FC(F)C1CNCC12CCOCC2. The molecule has 0 radical (unpaired) electrons. The molecule has 0 aromatic rings. The van der Waals surface area contributed by atoms with Gasteiger partial charge in [-0.15, -0.1) is 12.4 Å². The molecular formula is C9H16ClF2NO. The van der Waals surface area contributed by atoms with E-state index in [1.807, 2.05) is 0 Å². The highest BCUT2D eigenvalue weighted by Crippen LogP contribution is 2.43. The summed E-state index contributed by atoms with van der Waals surface area (Å²) in [5, 5.41) is 3.08. The van der Waals surface area contributed by atoms with Crippen LogP contribution in [-0.4, -0.2) is 32.7 Å². The van der Waals surface area contributed by atoms with Crippen molar-refractivity contribution in [2.75, 3.05) is 26.3 Å². The minimum absolute atomic E-state index is 0. The number of alkyl halides is 2. The third kappa shape index (κ3) is 2.02. The Hall–Kier alpha value is 0.0700. The van der Waals surface area contributed by atoms with Gasteiger partial charge in [0, 0.05) is 32.2 Å². The summed E-state index contributed by atoms with van der Waals surface area (Å²) in [6.45, 7) is 2.50. The van der Waals surface area contributed by atoms with Gasteiger partial charge in [-0.25, -0.2) is 8.78 Å². The van der Waals surface area contributed by atoms with Gasteiger partial charge in [-0.2, -0.15) is 0 Å². The van der Waals surface area contributed by atoms with E-state index in [-0.39, 0.29) is 17.8 Å². The van der Waals surface area contributed by atoms with Gasteiger partial charge in [0.1, 0.15) is 0 Å². The van der Waals surface area contributed by atoms with Gasteiger partial charge in [0.25, 0.3) is 0 Å². The van der Waals surface area contributed by atoms with Gasteiger partial charge >= 0.3 is 0 Å². The van der Waals surface area contributed by atoms with Gasteiger partial charge in [0.2, 0.25) is 6.43 Å². The smallest absolute Gasteiger partial charge is 0.243 e. The van der Waals surface area contributed by atoms with Crippen molar-refractivity contribution < 1.29 is 13.5 Å². The highest BCUT2D eigenvalue weighted by atomic mass is 35.5. The molecule has 2 aliphatic heterocycles. The lowest BCUT2D eigenvalue weighted by atomic mass is 9.72. The molecule has 0 amide bonds. The van der Waals surface area contributed by atoms with E-state index in [0.29, 0.717) is 19.8 Å². The first-order valence-electron chi connectivity index (χ1n) is 4.81. The maximum Gasteiger partial charge on any atom is 0.243 e. The van der Waals surface area contributed by atoms with Crippen molar-refractivity contribution in [3.63, 3.8) is 0 Å². The van der Waals surface area contributed by atoms with Crippen molar-refractivity contribution in [2.45, 2.75) is 19.3 Å². The Kier molecular flexibility index (Phi) is 4.10. The van der Waals surface area contributed by atoms with Crippen molar-refractivity contribution in [1.29, 1.82) is 0 Å². The Morgan fingerprint density at radius 3 is 2.50 bits per heavy atom. The second-order valence-corrected chi connectivity index (χ2v) is 4.05. The predicted molar refractivity (Wildman–Crippen MR) is 52.1 cm³/mol. The molecule has 2 aliphatic rings. The summed E-state index contributed by atoms with van der Waals surface area (Å²) in [5.74, 6) is -0.462. The van der Waals surface area contributed by atoms with Gasteiger partial charge < -0.3 is 10.1 Å². The molecule has 1 N–H and O–H groups in total. The summed E-state index contributed by atoms with van der Waals surface area (Å²) in [7, 11) is 0. The van der Waals surface area contributed by atoms with Crippen molar-refractivity contribution in [1.82, 2.24) is 5.32 Å². The molecule has 2 heterocycles. The first-order valence-corrected chi connectivity index (χ1v) is 4.81. The van der Waals surface area contributed by atoms with Crippen LogP contribution >= 0.6 is 12.4 Å². The van der Waals surface area contributed by atoms with E-state index in [2.05, 4.69) is 5.32 Å². The summed E-state index contributed by atoms with van der Waals surface area (Å²) < 4.78 is 30.6. The van der Waals surface area contributed by atoms with Gasteiger partial charge in [-0.05, 0) is 18.3 Å². The second kappa shape index (κ2) is 4.73. The minimum Gasteiger partial charge on any atom is -0.381 e. The second-order valence-electron chi connectivity index (χ2n) is 4.05. The summed E-state index contributed by atoms with van der Waals surface area (Å²) in [4.78, 5) is 0. The first kappa shape index (κ1) is 12.1. The number of ether oxygens (including phenoxy) is 1. The zero-order chi connectivity index (χ0) is 9.31. The van der Waals surface area contributed by atoms with E-state index in [4.69, 9.17) is 4.74 Å². The van der Waals surface area contributed by atoms with Crippen LogP contribution in [0.4, 0.5) is 8.78 Å². The molecule has 1 atom stereocenters. The van der Waals surface area contributed by atoms with Crippen molar-refractivity contribution in [2.24, 2.45) is 11.3 Å². The first-order chi connectivity index (χ1) is 6.25. The average Bonchev–Trinajstić information content (AvgIpc) is 2.50. The lowest BCUT2D eigenvalue weighted by Gasteiger charge is -2.37. The maximum atomic E-state index is 12.7. The summed E-state index contributed by atoms with van der Waals surface area (Å²) in [5.41, 5.74) is -0.174. The molecule has 2 rings (SSSR count). The van der Waals surface area contributed by atoms with Crippen molar-refractivity contribution >= 4 is 12.4 Å². The van der Waals surface area contributed by atoms with Gasteiger partial charge in [-0.3, -0.25) is 0 Å². The minimum atomic E-state index is -2.19. The predicted octanol–water partition coefficient (Wildman–Crippen LogP) is 1.69. The Balaban J connectivity index is 0.000000980. The molecule has 2 nitrogen and oxygen atoms in total. The van der Waals surface area contributed by atoms with Gasteiger partial charge in [0.15, 0.2) is 0 Å². The third-order valence-corrected chi connectivity index (χ3v) is 3.42. The fourth-order valence-corrected chi connectivity index (χ4v) is 2.51. The molecule has 1 spiro atoms. The Morgan fingerprint density at radius 2 is 1.93 bits per heavy atom. The zero-order valence-corrected chi connectivity index (χ0v) is 8.79. The molecule has 0 saturated carbocycles. The molecule has 2 fully saturated rings. The van der Waals surface area contributed by atoms with E-state index in [1.54, 1.807) is 0 Å². The Morgan fingerprint density at radius 1 is 1.29 bits per heavy atom. The summed E-state index contributed by atoms with van der Waals surface area (Å²) >= 11 is 0. The summed E-state index contributed by atoms with van der Waals surface area (Å²) in [6, 6.07) is 0. The molecule has 2 saturated heterocycles. The van der Waals surface area contributed by atoms with Gasteiger partial charge in [0.05, 0.1) is 0 Å². The highest BCUT2D eigenvalue weighted by Gasteiger charge is 2.47. The molecule has 0 aromatic heterocycles. The fourth-order valence-electron chi connectivity index (χ4n) is 2.51. The van der Waals surface area contributed by atoms with E-state index in [9.17, 15) is 8.78 Å². The number of halogens is 3. The normalized spacial score (nSPS) is 30.6. The van der Waals surface area contributed by atoms with Crippen LogP contribution in [0.5, 0.6) is 0 Å². The van der Waals surface area contributed by atoms with Crippen molar-refractivity contribution in [3.05, 3.63) is 0 Å². The number of rotatable bonds is 1. The zero-order valence-electron chi connectivity index (χ0n) is 7.97. The van der Waals surface area contributed by atoms with Crippen LogP contribution in [0.25, 0.3) is 0 Å². The lowest BCUT2D eigenvalue weighted by Crippen LogP contribution is -2.39. The van der Waals surface area contributed by atoms with Crippen LogP contribution in [0.1, 0.15) is 12.8 Å². The summed E-state index contributed by atoms with van der Waals surface area (Å²) in [6.07, 6.45) is -0.614. The Bertz CT molecular complexity index is 186. The number of nitrogens with one attached hydrogen (secondary N) is 1.